The topological polar surface area (TPSA) is 202 Å². The molecule has 2 saturated carbocycles. The average Bonchev–Trinajstić information content (AvgIpc) is 3.28. The Morgan fingerprint density at radius 1 is 0.900 bits per heavy atom. The summed E-state index contributed by atoms with van der Waals surface area (Å²) in [4.78, 5) is 72.9. The first kappa shape index (κ1) is 57.4. The molecule has 3 fully saturated rings. The van der Waals surface area contributed by atoms with E-state index in [-0.39, 0.29) is 36.5 Å². The Labute approximate surface area is 419 Å². The van der Waals surface area contributed by atoms with E-state index in [0.717, 1.165) is 18.1 Å². The summed E-state index contributed by atoms with van der Waals surface area (Å²) in [6.45, 7) is 29.2. The number of carbonyl (C=O) groups is 5. The maximum absolute atomic E-state index is 16.0. The number of fused-ring (bicyclic) bond motifs is 5. The molecular weight excluding hydrogens is 931 g/mol. The summed E-state index contributed by atoms with van der Waals surface area (Å²) >= 11 is 0. The number of alkyl carbamates (subject to hydrolysis) is 1. The van der Waals surface area contributed by atoms with Crippen molar-refractivity contribution in [3.05, 3.63) is 47.0 Å². The Morgan fingerprint density at radius 3 is 1.96 bits per heavy atom. The Bertz CT molecular complexity index is 2080. The lowest BCUT2D eigenvalue weighted by Gasteiger charge is -2.68. The zero-order valence-corrected chi connectivity index (χ0v) is 46.9. The summed E-state index contributed by atoms with van der Waals surface area (Å²) in [6, 6.07) is 11.6. The minimum atomic E-state index is -2.64. The smallest absolute Gasteiger partial charge is 0.407 e. The maximum Gasteiger partial charge on any atom is 0.407 e. The van der Waals surface area contributed by atoms with Crippen LogP contribution in [0, 0.1) is 22.7 Å². The number of Topliss-reactive ketones (excluding diaryl/α,β-unsaturated/α-hetero) is 1. The third kappa shape index (κ3) is 10.6. The van der Waals surface area contributed by atoms with E-state index in [0.29, 0.717) is 30.1 Å². The lowest BCUT2D eigenvalue weighted by Crippen LogP contribution is -2.82. The largest absolute Gasteiger partial charge is 0.456 e. The molecule has 2 bridgehead atoms. The van der Waals surface area contributed by atoms with Crippen molar-refractivity contribution in [2.45, 2.75) is 226 Å². The first-order valence-corrected chi connectivity index (χ1v) is 30.9. The Morgan fingerprint density at radius 2 is 1.47 bits per heavy atom. The van der Waals surface area contributed by atoms with Crippen LogP contribution in [0.3, 0.4) is 0 Å². The molecule has 17 heteroatoms. The van der Waals surface area contributed by atoms with Crippen molar-refractivity contribution in [3.63, 3.8) is 0 Å². The highest BCUT2D eigenvalue weighted by Crippen LogP contribution is 2.65. The van der Waals surface area contributed by atoms with Crippen molar-refractivity contribution in [2.24, 2.45) is 22.7 Å². The first-order valence-electron chi connectivity index (χ1n) is 25.8. The number of carbonyl (C=O) groups excluding carboxylic acids is 5. The molecule has 1 amide bonds. The van der Waals surface area contributed by atoms with Gasteiger partial charge >= 0.3 is 24.0 Å². The van der Waals surface area contributed by atoms with Gasteiger partial charge in [-0.15, -0.1) is 0 Å². The molecule has 1 saturated heterocycles. The molecule has 15 nitrogen and oxygen atoms in total. The van der Waals surface area contributed by atoms with Crippen molar-refractivity contribution in [3.8, 4) is 0 Å². The van der Waals surface area contributed by atoms with Crippen molar-refractivity contribution < 1.29 is 66.7 Å². The standard InChI is InChI=1S/C53H85NO14Si2/c1-17-69(18-2,19-3)67-38-29-39-52(31-62-39,65-34(10)55)43-45(64-46(58)35-26-24-23-25-27-35)53(61)30-37(33(9)40(50(53,14)15)41(56)44(57)51(38,43)16)63-47(59)42(68-70(20-4,21-5)22-6)36(28-32(7)8)54-48(60)66-49(11,12)13/h23-27,32,36-39,41-43,45,56,61H,17-22,28-31H2,1-16H3,(H,54,60)/t36-,37-,38-,39+,41+,42+,43-,45-,51+,52-,53+/m0/s1. The lowest BCUT2D eigenvalue weighted by atomic mass is 9.44. The van der Waals surface area contributed by atoms with Crippen LogP contribution in [0.5, 0.6) is 0 Å². The molecule has 394 valence electrons. The number of hydrogen-bond acceptors (Lipinski definition) is 14. The van der Waals surface area contributed by atoms with E-state index in [1.165, 1.54) is 6.92 Å². The van der Waals surface area contributed by atoms with Crippen LogP contribution >= 0.6 is 0 Å². The lowest BCUT2D eigenvalue weighted by molar-refractivity contribution is -0.344. The minimum Gasteiger partial charge on any atom is -0.456 e. The number of esters is 3. The predicted octanol–water partition coefficient (Wildman–Crippen LogP) is 8.99. The molecule has 0 radical (unpaired) electrons. The first-order chi connectivity index (χ1) is 32.5. The predicted molar refractivity (Wildman–Crippen MR) is 270 cm³/mol. The van der Waals surface area contributed by atoms with Gasteiger partial charge in [-0.3, -0.25) is 9.59 Å². The molecule has 11 atom stereocenters. The molecule has 3 aliphatic carbocycles. The van der Waals surface area contributed by atoms with Crippen molar-refractivity contribution in [2.75, 3.05) is 6.61 Å². The number of benzene rings is 1. The highest BCUT2D eigenvalue weighted by Gasteiger charge is 2.78. The summed E-state index contributed by atoms with van der Waals surface area (Å²) < 4.78 is 45.9. The van der Waals surface area contributed by atoms with Gasteiger partial charge in [0.2, 0.25) is 0 Å². The fourth-order valence-corrected chi connectivity index (χ4v) is 18.0. The molecule has 0 aromatic heterocycles. The molecule has 70 heavy (non-hydrogen) atoms. The summed E-state index contributed by atoms with van der Waals surface area (Å²) in [5.74, 6) is -4.37. The normalized spacial score (nSPS) is 30.6. The molecule has 1 aromatic rings. The Hall–Kier alpha value is -3.46. The van der Waals surface area contributed by atoms with Gasteiger partial charge in [0.15, 0.2) is 34.1 Å². The number of amides is 1. The Balaban J connectivity index is 1.79. The number of hydrogen-bond donors (Lipinski definition) is 3. The second kappa shape index (κ2) is 21.6. The number of rotatable bonds is 19. The molecule has 1 aliphatic heterocycles. The van der Waals surface area contributed by atoms with Gasteiger partial charge in [-0.2, -0.15) is 0 Å². The van der Waals surface area contributed by atoms with Crippen LogP contribution in [0.4, 0.5) is 4.79 Å². The molecule has 0 unspecified atom stereocenters. The summed E-state index contributed by atoms with van der Waals surface area (Å²) in [7, 11) is -5.22. The van der Waals surface area contributed by atoms with E-state index in [9.17, 15) is 24.6 Å². The SMILES string of the molecule is CC[Si](CC)(CC)O[C@H]1C[C@H]2OC[C@@]2(OC(C)=O)[C@H]2[C@H](OC(=O)c3ccccc3)[C@]3(O)C[C@H](OC(=O)[C@H](O[Si](CC)(CC)CC)[C@H](CC(C)C)NC(=O)OC(C)(C)C)C(C)=C([C@@H](O)C(=O)[C@]12C)C3(C)C. The zero-order chi connectivity index (χ0) is 52.6. The highest BCUT2D eigenvalue weighted by molar-refractivity contribution is 6.74. The number of ketones is 1. The fourth-order valence-electron chi connectivity index (χ4n) is 12.2. The van der Waals surface area contributed by atoms with Gasteiger partial charge in [-0.25, -0.2) is 14.4 Å². The van der Waals surface area contributed by atoms with Crippen LogP contribution < -0.4 is 5.32 Å². The average molecular weight is 1020 g/mol. The van der Waals surface area contributed by atoms with E-state index in [2.05, 4.69) is 26.1 Å². The monoisotopic (exact) mass is 1020 g/mol. The van der Waals surface area contributed by atoms with Crippen LogP contribution in [-0.2, 0) is 46.9 Å². The number of aliphatic hydroxyl groups is 2. The second-order valence-corrected chi connectivity index (χ2v) is 32.0. The van der Waals surface area contributed by atoms with Gasteiger partial charge in [-0.05, 0) is 107 Å². The summed E-state index contributed by atoms with van der Waals surface area (Å²) in [6.07, 6.45) is -8.66. The number of aliphatic hydroxyl groups excluding tert-OH is 1. The molecule has 1 heterocycles. The van der Waals surface area contributed by atoms with E-state index >= 15 is 9.59 Å². The van der Waals surface area contributed by atoms with E-state index < -0.39 is 123 Å². The number of ether oxygens (including phenoxy) is 5. The van der Waals surface area contributed by atoms with Crippen LogP contribution in [0.2, 0.25) is 36.3 Å². The van der Waals surface area contributed by atoms with E-state index in [1.807, 2.05) is 34.6 Å². The van der Waals surface area contributed by atoms with Gasteiger partial charge in [0.05, 0.1) is 35.6 Å². The fraction of sp³-hybridized carbons (Fsp3) is 0.755. The van der Waals surface area contributed by atoms with Crippen LogP contribution in [0.15, 0.2) is 41.5 Å². The molecule has 1 aromatic carbocycles. The quantitative estimate of drug-likeness (QED) is 0.0513. The van der Waals surface area contributed by atoms with Gasteiger partial charge in [0.1, 0.15) is 35.6 Å². The zero-order valence-electron chi connectivity index (χ0n) is 44.9. The molecule has 0 spiro atoms. The summed E-state index contributed by atoms with van der Waals surface area (Å²) in [5, 5.41) is 30.0. The highest BCUT2D eigenvalue weighted by atomic mass is 28.4. The van der Waals surface area contributed by atoms with E-state index in [1.54, 1.807) is 78.8 Å². The van der Waals surface area contributed by atoms with Crippen LogP contribution in [0.1, 0.15) is 140 Å². The summed E-state index contributed by atoms with van der Waals surface area (Å²) in [5.41, 5.74) is -7.48. The third-order valence-electron chi connectivity index (χ3n) is 16.8. The van der Waals surface area contributed by atoms with Crippen LogP contribution in [0.25, 0.3) is 0 Å². The third-order valence-corrected chi connectivity index (χ3v) is 26.1. The molecular formula is C53H85NO14Si2. The maximum atomic E-state index is 16.0. The molecule has 5 rings (SSSR count). The minimum absolute atomic E-state index is 0.0195. The van der Waals surface area contributed by atoms with Gasteiger partial charge in [-0.1, -0.05) is 87.4 Å². The van der Waals surface area contributed by atoms with Crippen LogP contribution in [-0.4, -0.2) is 123 Å². The molecule has 4 aliphatic rings. The van der Waals surface area contributed by atoms with Crippen molar-refractivity contribution in [1.29, 1.82) is 0 Å². The van der Waals surface area contributed by atoms with Gasteiger partial charge in [0.25, 0.3) is 0 Å². The van der Waals surface area contributed by atoms with Gasteiger partial charge in [0, 0.05) is 25.2 Å². The molecule has 3 N–H and O–H groups in total. The second-order valence-electron chi connectivity index (χ2n) is 22.6. The van der Waals surface area contributed by atoms with Crippen molar-refractivity contribution in [1.82, 2.24) is 5.32 Å². The Kier molecular flexibility index (Phi) is 17.7. The van der Waals surface area contributed by atoms with E-state index in [4.69, 9.17) is 32.5 Å². The van der Waals surface area contributed by atoms with Gasteiger partial charge < -0.3 is 48.1 Å². The number of nitrogens with one attached hydrogen (secondary N) is 1. The van der Waals surface area contributed by atoms with Crippen molar-refractivity contribution >= 4 is 46.4 Å².